The molecule has 0 bridgehead atoms. The molecule has 25 heavy (non-hydrogen) atoms. The summed E-state index contributed by atoms with van der Waals surface area (Å²) in [7, 11) is 0. The van der Waals surface area contributed by atoms with Gasteiger partial charge in [0, 0.05) is 6.20 Å². The van der Waals surface area contributed by atoms with Gasteiger partial charge in [0.25, 0.3) is 0 Å². The first kappa shape index (κ1) is 19.1. The Labute approximate surface area is 143 Å². The van der Waals surface area contributed by atoms with Crippen molar-refractivity contribution in [1.82, 2.24) is 14.5 Å². The molecule has 0 amide bonds. The van der Waals surface area contributed by atoms with Gasteiger partial charge in [-0.3, -0.25) is 0 Å². The molecule has 0 saturated heterocycles. The first-order chi connectivity index (χ1) is 11.9. The molecule has 5 N–H and O–H groups in total. The highest BCUT2D eigenvalue weighted by Crippen LogP contribution is 2.25. The monoisotopic (exact) mass is 354 g/mol. The number of anilines is 1. The number of hydrogen-bond acceptors (Lipinski definition) is 9. The van der Waals surface area contributed by atoms with E-state index >= 15 is 0 Å². The van der Waals surface area contributed by atoms with Crippen molar-refractivity contribution in [2.75, 3.05) is 18.9 Å². The standard InChI is InChI=1S/C15H22N4O6/c1-3-24-15(23)9-4-19(14-11(9)13(16)17-6-18-14)7-25-10(5-20)12(22)8(2)21/h4,6,8,10,12,20-22H,3,5,7H2,1-2H3,(H2,16,17,18)/t8-,10+,12-/m0/s1. The fraction of sp³-hybridized carbons (Fsp3) is 0.533. The molecular formula is C15H22N4O6. The van der Waals surface area contributed by atoms with Gasteiger partial charge in [0.05, 0.1) is 30.3 Å². The highest BCUT2D eigenvalue weighted by atomic mass is 16.5. The smallest absolute Gasteiger partial charge is 0.340 e. The van der Waals surface area contributed by atoms with E-state index in [1.54, 1.807) is 6.92 Å². The second kappa shape index (κ2) is 8.21. The Morgan fingerprint density at radius 2 is 2.12 bits per heavy atom. The normalized spacial score (nSPS) is 15.1. The largest absolute Gasteiger partial charge is 0.462 e. The summed E-state index contributed by atoms with van der Waals surface area (Å²) in [6.45, 7) is 2.63. The molecule has 0 aromatic carbocycles. The minimum absolute atomic E-state index is 0.120. The third-order valence-corrected chi connectivity index (χ3v) is 3.66. The quantitative estimate of drug-likeness (QED) is 0.449. The lowest BCUT2D eigenvalue weighted by Crippen LogP contribution is -2.40. The predicted molar refractivity (Wildman–Crippen MR) is 87.5 cm³/mol. The maximum absolute atomic E-state index is 12.1. The SMILES string of the molecule is CCOC(=O)c1cn(CO[C@H](CO)[C@@H](O)[C@H](C)O)c2ncnc(N)c12. The zero-order valence-corrected chi connectivity index (χ0v) is 14.0. The zero-order chi connectivity index (χ0) is 18.6. The van der Waals surface area contributed by atoms with Gasteiger partial charge in [0.2, 0.25) is 0 Å². The van der Waals surface area contributed by atoms with Crippen LogP contribution < -0.4 is 5.73 Å². The van der Waals surface area contributed by atoms with Crippen molar-refractivity contribution in [1.29, 1.82) is 0 Å². The average Bonchev–Trinajstić information content (AvgIpc) is 2.95. The highest BCUT2D eigenvalue weighted by Gasteiger charge is 2.25. The summed E-state index contributed by atoms with van der Waals surface area (Å²) in [5.41, 5.74) is 6.38. The van der Waals surface area contributed by atoms with Crippen molar-refractivity contribution in [2.24, 2.45) is 0 Å². The maximum atomic E-state index is 12.1. The lowest BCUT2D eigenvalue weighted by Gasteiger charge is -2.23. The number of aromatic nitrogens is 3. The predicted octanol–water partition coefficient (Wildman–Crippen LogP) is -0.733. The topological polar surface area (TPSA) is 153 Å². The average molecular weight is 354 g/mol. The lowest BCUT2D eigenvalue weighted by molar-refractivity contribution is -0.119. The Bertz CT molecular complexity index is 732. The van der Waals surface area contributed by atoms with E-state index in [0.717, 1.165) is 0 Å². The summed E-state index contributed by atoms with van der Waals surface area (Å²) < 4.78 is 11.9. The molecular weight excluding hydrogens is 332 g/mol. The Kier molecular flexibility index (Phi) is 6.26. The van der Waals surface area contributed by atoms with Crippen LogP contribution in [0.4, 0.5) is 5.82 Å². The Hall–Kier alpha value is -2.27. The second-order valence-corrected chi connectivity index (χ2v) is 5.44. The summed E-state index contributed by atoms with van der Waals surface area (Å²) in [6.07, 6.45) is -0.654. The number of rotatable bonds is 8. The Balaban J connectivity index is 2.32. The summed E-state index contributed by atoms with van der Waals surface area (Å²) in [4.78, 5) is 20.1. The number of carbonyl (C=O) groups excluding carboxylic acids is 1. The van der Waals surface area contributed by atoms with E-state index in [9.17, 15) is 20.1 Å². The number of hydrogen-bond donors (Lipinski definition) is 4. The van der Waals surface area contributed by atoms with E-state index in [0.29, 0.717) is 11.0 Å². The van der Waals surface area contributed by atoms with Crippen LogP contribution in [0.2, 0.25) is 0 Å². The van der Waals surface area contributed by atoms with Crippen LogP contribution in [0, 0.1) is 0 Å². The molecule has 2 aromatic heterocycles. The number of nitrogen functional groups attached to an aromatic ring is 1. The fourth-order valence-electron chi connectivity index (χ4n) is 2.36. The molecule has 0 spiro atoms. The van der Waals surface area contributed by atoms with E-state index < -0.39 is 30.9 Å². The molecule has 3 atom stereocenters. The summed E-state index contributed by atoms with van der Waals surface area (Å²) in [5.74, 6) is -0.454. The Morgan fingerprint density at radius 1 is 1.40 bits per heavy atom. The van der Waals surface area contributed by atoms with Crippen molar-refractivity contribution in [3.8, 4) is 0 Å². The van der Waals surface area contributed by atoms with Gasteiger partial charge in [-0.05, 0) is 13.8 Å². The molecule has 0 radical (unpaired) electrons. The lowest BCUT2D eigenvalue weighted by atomic mass is 10.1. The van der Waals surface area contributed by atoms with Gasteiger partial charge in [0.1, 0.15) is 36.7 Å². The van der Waals surface area contributed by atoms with Crippen molar-refractivity contribution in [2.45, 2.75) is 38.9 Å². The molecule has 0 fully saturated rings. The molecule has 0 saturated carbocycles. The van der Waals surface area contributed by atoms with Gasteiger partial charge in [-0.2, -0.15) is 0 Å². The van der Waals surface area contributed by atoms with Crippen molar-refractivity contribution >= 4 is 22.8 Å². The van der Waals surface area contributed by atoms with Crippen LogP contribution in [0.25, 0.3) is 11.0 Å². The Morgan fingerprint density at radius 3 is 2.72 bits per heavy atom. The molecule has 138 valence electrons. The third kappa shape index (κ3) is 4.04. The van der Waals surface area contributed by atoms with Crippen LogP contribution in [0.1, 0.15) is 24.2 Å². The van der Waals surface area contributed by atoms with Crippen molar-refractivity contribution < 1.29 is 29.6 Å². The van der Waals surface area contributed by atoms with E-state index in [-0.39, 0.29) is 24.7 Å². The van der Waals surface area contributed by atoms with Crippen molar-refractivity contribution in [3.63, 3.8) is 0 Å². The minimum atomic E-state index is -1.27. The van der Waals surface area contributed by atoms with Gasteiger partial charge in [-0.15, -0.1) is 0 Å². The highest BCUT2D eigenvalue weighted by molar-refractivity contribution is 6.07. The van der Waals surface area contributed by atoms with E-state index in [1.165, 1.54) is 24.0 Å². The van der Waals surface area contributed by atoms with Gasteiger partial charge >= 0.3 is 5.97 Å². The fourth-order valence-corrected chi connectivity index (χ4v) is 2.36. The van der Waals surface area contributed by atoms with Crippen molar-refractivity contribution in [3.05, 3.63) is 18.1 Å². The van der Waals surface area contributed by atoms with Gasteiger partial charge in [-0.25, -0.2) is 14.8 Å². The molecule has 0 aliphatic heterocycles. The summed E-state index contributed by atoms with van der Waals surface area (Å²) >= 11 is 0. The minimum Gasteiger partial charge on any atom is -0.462 e. The number of nitrogens with zero attached hydrogens (tertiary/aromatic N) is 3. The van der Waals surface area contributed by atoms with Crippen LogP contribution >= 0.6 is 0 Å². The second-order valence-electron chi connectivity index (χ2n) is 5.44. The molecule has 0 unspecified atom stereocenters. The van der Waals surface area contributed by atoms with Gasteiger partial charge in [-0.1, -0.05) is 0 Å². The van der Waals surface area contributed by atoms with E-state index in [1.807, 2.05) is 0 Å². The van der Waals surface area contributed by atoms with Gasteiger partial charge < -0.3 is 35.1 Å². The molecule has 0 aliphatic rings. The van der Waals surface area contributed by atoms with Crippen LogP contribution in [0.15, 0.2) is 12.5 Å². The molecule has 10 heteroatoms. The molecule has 0 aliphatic carbocycles. The zero-order valence-electron chi connectivity index (χ0n) is 14.0. The molecule has 2 aromatic rings. The maximum Gasteiger partial charge on any atom is 0.340 e. The third-order valence-electron chi connectivity index (χ3n) is 3.66. The van der Waals surface area contributed by atoms with Crippen LogP contribution in [0.3, 0.4) is 0 Å². The summed E-state index contributed by atoms with van der Waals surface area (Å²) in [5, 5.41) is 28.9. The first-order valence-corrected chi connectivity index (χ1v) is 7.75. The van der Waals surface area contributed by atoms with E-state index in [4.69, 9.17) is 15.2 Å². The number of ether oxygens (including phenoxy) is 2. The number of aliphatic hydroxyl groups excluding tert-OH is 3. The number of carbonyl (C=O) groups is 1. The van der Waals surface area contributed by atoms with Crippen LogP contribution in [0.5, 0.6) is 0 Å². The number of aliphatic hydroxyl groups is 3. The summed E-state index contributed by atoms with van der Waals surface area (Å²) in [6, 6.07) is 0. The van der Waals surface area contributed by atoms with Crippen LogP contribution in [-0.2, 0) is 16.2 Å². The van der Waals surface area contributed by atoms with Crippen LogP contribution in [-0.4, -0.2) is 67.3 Å². The van der Waals surface area contributed by atoms with Gasteiger partial charge in [0.15, 0.2) is 0 Å². The number of fused-ring (bicyclic) bond motifs is 1. The first-order valence-electron chi connectivity index (χ1n) is 7.75. The number of nitrogens with two attached hydrogens (primary N) is 1. The van der Waals surface area contributed by atoms with E-state index in [2.05, 4.69) is 9.97 Å². The molecule has 2 heterocycles. The number of esters is 1. The molecule has 10 nitrogen and oxygen atoms in total. The molecule has 2 rings (SSSR count).